The summed E-state index contributed by atoms with van der Waals surface area (Å²) in [7, 11) is 6.05. The standard InChI is InChI=1S/C17H25NO6/c1-17(2,16(20)21)18(3)13(19)10-8-11-7-9-12(22-4)15(24-6)14(11)23-5/h7,9H,8,10H2,1-6H3,(H,20,21). The van der Waals surface area contributed by atoms with Crippen LogP contribution in [-0.2, 0) is 16.0 Å². The van der Waals surface area contributed by atoms with E-state index in [2.05, 4.69) is 0 Å². The van der Waals surface area contributed by atoms with Gasteiger partial charge in [0, 0.05) is 13.5 Å². The minimum absolute atomic E-state index is 0.152. The lowest BCUT2D eigenvalue weighted by atomic mass is 10.0. The molecule has 0 heterocycles. The second kappa shape index (κ2) is 7.90. The van der Waals surface area contributed by atoms with E-state index in [1.165, 1.54) is 47.1 Å². The average Bonchev–Trinajstić information content (AvgIpc) is 2.57. The number of nitrogens with zero attached hydrogens (tertiary/aromatic N) is 1. The van der Waals surface area contributed by atoms with E-state index in [9.17, 15) is 14.7 Å². The molecule has 0 saturated carbocycles. The summed E-state index contributed by atoms with van der Waals surface area (Å²) in [5.41, 5.74) is -0.483. The highest BCUT2D eigenvalue weighted by Gasteiger charge is 2.34. The van der Waals surface area contributed by atoms with E-state index in [1.54, 1.807) is 12.1 Å². The number of aryl methyl sites for hydroxylation is 1. The van der Waals surface area contributed by atoms with Gasteiger partial charge in [-0.15, -0.1) is 0 Å². The van der Waals surface area contributed by atoms with Crippen molar-refractivity contribution in [1.29, 1.82) is 0 Å². The van der Waals surface area contributed by atoms with Gasteiger partial charge in [-0.25, -0.2) is 4.79 Å². The van der Waals surface area contributed by atoms with Gasteiger partial charge in [0.05, 0.1) is 21.3 Å². The Bertz CT molecular complexity index is 611. The van der Waals surface area contributed by atoms with Crippen molar-refractivity contribution in [3.8, 4) is 17.2 Å². The number of hydrogen-bond donors (Lipinski definition) is 1. The van der Waals surface area contributed by atoms with E-state index in [4.69, 9.17) is 14.2 Å². The maximum Gasteiger partial charge on any atom is 0.329 e. The molecule has 1 aromatic rings. The first-order chi connectivity index (χ1) is 11.2. The topological polar surface area (TPSA) is 85.3 Å². The van der Waals surface area contributed by atoms with Gasteiger partial charge < -0.3 is 24.2 Å². The molecule has 7 heteroatoms. The Hall–Kier alpha value is -2.44. The van der Waals surface area contributed by atoms with Crippen molar-refractivity contribution < 1.29 is 28.9 Å². The van der Waals surface area contributed by atoms with Crippen molar-refractivity contribution in [2.75, 3.05) is 28.4 Å². The molecule has 0 radical (unpaired) electrons. The van der Waals surface area contributed by atoms with Crippen LogP contribution in [0, 0.1) is 0 Å². The molecular formula is C17H25NO6. The molecule has 24 heavy (non-hydrogen) atoms. The fourth-order valence-corrected chi connectivity index (χ4v) is 2.22. The Morgan fingerprint density at radius 3 is 2.12 bits per heavy atom. The number of carboxylic acid groups (broad SMARTS) is 1. The number of methoxy groups -OCH3 is 3. The summed E-state index contributed by atoms with van der Waals surface area (Å²) >= 11 is 0. The zero-order chi connectivity index (χ0) is 18.5. The molecule has 0 bridgehead atoms. The Morgan fingerprint density at radius 2 is 1.67 bits per heavy atom. The highest BCUT2D eigenvalue weighted by atomic mass is 16.5. The van der Waals surface area contributed by atoms with Crippen LogP contribution in [0.4, 0.5) is 0 Å². The average molecular weight is 339 g/mol. The van der Waals surface area contributed by atoms with Gasteiger partial charge in [0.1, 0.15) is 5.54 Å². The fraction of sp³-hybridized carbons (Fsp3) is 0.529. The fourth-order valence-electron chi connectivity index (χ4n) is 2.22. The van der Waals surface area contributed by atoms with E-state index in [1.807, 2.05) is 0 Å². The summed E-state index contributed by atoms with van der Waals surface area (Å²) < 4.78 is 15.9. The van der Waals surface area contributed by atoms with E-state index in [-0.39, 0.29) is 12.3 Å². The first-order valence-electron chi connectivity index (χ1n) is 7.48. The summed E-state index contributed by atoms with van der Waals surface area (Å²) in [5.74, 6) is 0.184. The van der Waals surface area contributed by atoms with Crippen LogP contribution in [0.15, 0.2) is 12.1 Å². The molecule has 1 aromatic carbocycles. The molecule has 1 N–H and O–H groups in total. The molecule has 0 fully saturated rings. The normalized spacial score (nSPS) is 10.9. The minimum Gasteiger partial charge on any atom is -0.493 e. The number of carbonyl (C=O) groups is 2. The van der Waals surface area contributed by atoms with Crippen LogP contribution in [0.3, 0.4) is 0 Å². The Balaban J connectivity index is 2.95. The zero-order valence-corrected chi connectivity index (χ0v) is 15.0. The quantitative estimate of drug-likeness (QED) is 0.779. The maximum atomic E-state index is 12.3. The molecule has 134 valence electrons. The summed E-state index contributed by atoms with van der Waals surface area (Å²) in [6, 6.07) is 3.54. The number of hydrogen-bond acceptors (Lipinski definition) is 5. The highest BCUT2D eigenvalue weighted by Crippen LogP contribution is 2.40. The van der Waals surface area contributed by atoms with E-state index >= 15 is 0 Å². The molecular weight excluding hydrogens is 314 g/mol. The Kier molecular flexibility index (Phi) is 6.45. The van der Waals surface area contributed by atoms with E-state index in [0.717, 1.165) is 5.56 Å². The van der Waals surface area contributed by atoms with Crippen LogP contribution in [0.2, 0.25) is 0 Å². The molecule has 0 aliphatic carbocycles. The number of carbonyl (C=O) groups excluding carboxylic acids is 1. The van der Waals surface area contributed by atoms with Crippen molar-refractivity contribution in [2.24, 2.45) is 0 Å². The lowest BCUT2D eigenvalue weighted by molar-refractivity contribution is -0.155. The number of aliphatic carboxylic acids is 1. The lowest BCUT2D eigenvalue weighted by Gasteiger charge is -2.31. The van der Waals surface area contributed by atoms with Crippen LogP contribution in [0.25, 0.3) is 0 Å². The summed E-state index contributed by atoms with van der Waals surface area (Å²) in [4.78, 5) is 24.8. The molecule has 0 atom stereocenters. The van der Waals surface area contributed by atoms with Crippen LogP contribution in [-0.4, -0.2) is 55.8 Å². The largest absolute Gasteiger partial charge is 0.493 e. The molecule has 0 aliphatic heterocycles. The third kappa shape index (κ3) is 3.90. The molecule has 7 nitrogen and oxygen atoms in total. The molecule has 0 saturated heterocycles. The summed E-state index contributed by atoms with van der Waals surface area (Å²) in [6.45, 7) is 2.98. The van der Waals surface area contributed by atoms with Gasteiger partial charge in [-0.3, -0.25) is 4.79 Å². The number of likely N-dealkylation sites (N-methyl/N-ethyl adjacent to an activating group) is 1. The smallest absolute Gasteiger partial charge is 0.329 e. The van der Waals surface area contributed by atoms with Crippen LogP contribution in [0.5, 0.6) is 17.2 Å². The lowest BCUT2D eigenvalue weighted by Crippen LogP contribution is -2.50. The third-order valence-corrected chi connectivity index (χ3v) is 4.13. The minimum atomic E-state index is -1.27. The molecule has 0 aromatic heterocycles. The van der Waals surface area contributed by atoms with Crippen molar-refractivity contribution >= 4 is 11.9 Å². The Morgan fingerprint density at radius 1 is 1.08 bits per heavy atom. The predicted molar refractivity (Wildman–Crippen MR) is 88.9 cm³/mol. The van der Waals surface area contributed by atoms with E-state index in [0.29, 0.717) is 23.7 Å². The maximum absolute atomic E-state index is 12.3. The van der Waals surface area contributed by atoms with Crippen molar-refractivity contribution in [1.82, 2.24) is 4.90 Å². The SMILES string of the molecule is COc1ccc(CCC(=O)N(C)C(C)(C)C(=O)O)c(OC)c1OC. The van der Waals surface area contributed by atoms with E-state index < -0.39 is 11.5 Å². The molecule has 1 amide bonds. The molecule has 0 aliphatic rings. The van der Waals surface area contributed by atoms with Gasteiger partial charge in [0.15, 0.2) is 11.5 Å². The first-order valence-corrected chi connectivity index (χ1v) is 7.48. The van der Waals surface area contributed by atoms with Gasteiger partial charge in [0.25, 0.3) is 0 Å². The van der Waals surface area contributed by atoms with Crippen molar-refractivity contribution in [3.63, 3.8) is 0 Å². The number of ether oxygens (including phenoxy) is 3. The van der Waals surface area contributed by atoms with Gasteiger partial charge in [-0.1, -0.05) is 6.07 Å². The van der Waals surface area contributed by atoms with Gasteiger partial charge in [0.2, 0.25) is 11.7 Å². The van der Waals surface area contributed by atoms with Gasteiger partial charge in [-0.2, -0.15) is 0 Å². The van der Waals surface area contributed by atoms with Crippen molar-refractivity contribution in [3.05, 3.63) is 17.7 Å². The Labute approximate surface area is 142 Å². The predicted octanol–water partition coefficient (Wildman–Crippen LogP) is 1.97. The first kappa shape index (κ1) is 19.6. The van der Waals surface area contributed by atoms with Gasteiger partial charge in [-0.05, 0) is 31.9 Å². The number of rotatable bonds is 8. The van der Waals surface area contributed by atoms with Crippen LogP contribution in [0.1, 0.15) is 25.8 Å². The van der Waals surface area contributed by atoms with Crippen molar-refractivity contribution in [2.45, 2.75) is 32.2 Å². The summed E-state index contributed by atoms with van der Waals surface area (Å²) in [5, 5.41) is 9.21. The second-order valence-corrected chi connectivity index (χ2v) is 5.81. The highest BCUT2D eigenvalue weighted by molar-refractivity contribution is 5.86. The monoisotopic (exact) mass is 339 g/mol. The van der Waals surface area contributed by atoms with Crippen LogP contribution >= 0.6 is 0 Å². The summed E-state index contributed by atoms with van der Waals surface area (Å²) in [6.07, 6.45) is 0.543. The third-order valence-electron chi connectivity index (χ3n) is 4.13. The zero-order valence-electron chi connectivity index (χ0n) is 15.0. The molecule has 0 spiro atoms. The van der Waals surface area contributed by atoms with Crippen LogP contribution < -0.4 is 14.2 Å². The molecule has 0 unspecified atom stereocenters. The number of benzene rings is 1. The van der Waals surface area contributed by atoms with Gasteiger partial charge >= 0.3 is 5.97 Å². The number of carboxylic acids is 1. The number of amides is 1. The second-order valence-electron chi connectivity index (χ2n) is 5.81. The molecule has 1 rings (SSSR count).